The third-order valence-corrected chi connectivity index (χ3v) is 5.31. The van der Waals surface area contributed by atoms with Crippen molar-refractivity contribution in [3.05, 3.63) is 42.0 Å². The fourth-order valence-electron chi connectivity index (χ4n) is 3.56. The van der Waals surface area contributed by atoms with Gasteiger partial charge in [0.15, 0.2) is 5.96 Å². The van der Waals surface area contributed by atoms with Crippen LogP contribution in [0.1, 0.15) is 37.6 Å². The summed E-state index contributed by atoms with van der Waals surface area (Å²) in [4.78, 5) is 7.03. The molecule has 8 nitrogen and oxygen atoms in total. The minimum Gasteiger partial charge on any atom is -0.497 e. The molecule has 1 aliphatic rings. The lowest BCUT2D eigenvalue weighted by molar-refractivity contribution is 0.0223. The Kier molecular flexibility index (Phi) is 11.1. The maximum Gasteiger partial charge on any atom is 0.194 e. The number of halogens is 1. The van der Waals surface area contributed by atoms with Crippen LogP contribution in [-0.4, -0.2) is 65.6 Å². The van der Waals surface area contributed by atoms with Gasteiger partial charge < -0.3 is 24.3 Å². The molecule has 0 spiro atoms. The second-order valence-corrected chi connectivity index (χ2v) is 7.58. The lowest BCUT2D eigenvalue weighted by Crippen LogP contribution is -2.40. The Bertz CT molecular complexity index is 790. The number of nitrogens with one attached hydrogen (secondary N) is 1. The molecule has 1 atom stereocenters. The molecule has 3 rings (SSSR count). The minimum absolute atomic E-state index is 0. The Morgan fingerprint density at radius 2 is 2.13 bits per heavy atom. The number of aliphatic imine (C=N–C) groups is 1. The molecule has 1 N–H and O–H groups in total. The highest BCUT2D eigenvalue weighted by Crippen LogP contribution is 2.14. The summed E-state index contributed by atoms with van der Waals surface area (Å²) in [6.07, 6.45) is 6.33. The smallest absolute Gasteiger partial charge is 0.194 e. The standard InChI is InChI=1S/C22H34N6O2.HI/c1-4-21-26-25-17-28(21)13-12-23-22(24-15-20-7-5-6-14-30-20)27(2)16-18-8-10-19(29-3)11-9-18;/h8-11,17,20H,4-7,12-16H2,1-3H3,(H,23,24);1H. The molecule has 0 amide bonds. The summed E-state index contributed by atoms with van der Waals surface area (Å²) in [7, 11) is 3.75. The van der Waals surface area contributed by atoms with Crippen molar-refractivity contribution < 1.29 is 9.47 Å². The Morgan fingerprint density at radius 3 is 2.81 bits per heavy atom. The van der Waals surface area contributed by atoms with Gasteiger partial charge in [0.2, 0.25) is 0 Å². The van der Waals surface area contributed by atoms with Crippen LogP contribution in [-0.2, 0) is 24.2 Å². The SMILES string of the molecule is CCc1nncn1CCNC(=NCC1CCCCO1)N(C)Cc1ccc(OC)cc1.I. The van der Waals surface area contributed by atoms with Gasteiger partial charge in [-0.15, -0.1) is 34.2 Å². The fourth-order valence-corrected chi connectivity index (χ4v) is 3.56. The lowest BCUT2D eigenvalue weighted by atomic mass is 10.1. The normalized spacial score (nSPS) is 16.5. The quantitative estimate of drug-likeness (QED) is 0.298. The average molecular weight is 542 g/mol. The molecule has 1 aromatic carbocycles. The van der Waals surface area contributed by atoms with E-state index in [4.69, 9.17) is 14.5 Å². The molecule has 0 aliphatic carbocycles. The Morgan fingerprint density at radius 1 is 1.32 bits per heavy atom. The molecule has 2 aromatic rings. The van der Waals surface area contributed by atoms with Crippen molar-refractivity contribution in [1.82, 2.24) is 25.0 Å². The van der Waals surface area contributed by atoms with Gasteiger partial charge in [-0.3, -0.25) is 4.99 Å². The Balaban J connectivity index is 0.00000341. The summed E-state index contributed by atoms with van der Waals surface area (Å²) in [5, 5.41) is 11.7. The van der Waals surface area contributed by atoms with Crippen molar-refractivity contribution in [3.8, 4) is 5.75 Å². The molecule has 0 saturated carbocycles. The number of methoxy groups -OCH3 is 1. The van der Waals surface area contributed by atoms with E-state index in [0.717, 1.165) is 63.0 Å². The number of guanidine groups is 1. The van der Waals surface area contributed by atoms with Crippen LogP contribution in [0.3, 0.4) is 0 Å². The van der Waals surface area contributed by atoms with Crippen LogP contribution in [0.25, 0.3) is 0 Å². The zero-order valence-electron chi connectivity index (χ0n) is 18.8. The van der Waals surface area contributed by atoms with E-state index < -0.39 is 0 Å². The second kappa shape index (κ2) is 13.5. The molecule has 1 unspecified atom stereocenters. The van der Waals surface area contributed by atoms with Gasteiger partial charge in [-0.25, -0.2) is 0 Å². The number of nitrogens with zero attached hydrogens (tertiary/aromatic N) is 5. The van der Waals surface area contributed by atoms with E-state index in [2.05, 4.69) is 51.1 Å². The zero-order chi connectivity index (χ0) is 21.2. The molecular weight excluding hydrogens is 507 g/mol. The van der Waals surface area contributed by atoms with Gasteiger partial charge in [0.25, 0.3) is 0 Å². The van der Waals surface area contributed by atoms with Crippen LogP contribution in [0.4, 0.5) is 0 Å². The highest BCUT2D eigenvalue weighted by atomic mass is 127. The molecule has 0 radical (unpaired) electrons. The summed E-state index contributed by atoms with van der Waals surface area (Å²) < 4.78 is 13.2. The molecule has 0 bridgehead atoms. The summed E-state index contributed by atoms with van der Waals surface area (Å²) in [5.41, 5.74) is 1.20. The van der Waals surface area contributed by atoms with Gasteiger partial charge >= 0.3 is 0 Å². The first-order valence-corrected chi connectivity index (χ1v) is 10.8. The van der Waals surface area contributed by atoms with E-state index in [-0.39, 0.29) is 30.1 Å². The minimum atomic E-state index is 0. The first-order valence-electron chi connectivity index (χ1n) is 10.8. The van der Waals surface area contributed by atoms with Gasteiger partial charge in [0.05, 0.1) is 19.8 Å². The Hall–Kier alpha value is -1.88. The molecule has 9 heteroatoms. The zero-order valence-corrected chi connectivity index (χ0v) is 21.1. The highest BCUT2D eigenvalue weighted by Gasteiger charge is 2.15. The predicted octanol–water partition coefficient (Wildman–Crippen LogP) is 3.11. The molecule has 1 saturated heterocycles. The summed E-state index contributed by atoms with van der Waals surface area (Å²) in [6.45, 7) is 5.93. The number of aryl methyl sites for hydroxylation is 1. The molecule has 2 heterocycles. The number of ether oxygens (including phenoxy) is 2. The largest absolute Gasteiger partial charge is 0.497 e. The second-order valence-electron chi connectivity index (χ2n) is 7.58. The van der Waals surface area contributed by atoms with Crippen LogP contribution < -0.4 is 10.1 Å². The first-order chi connectivity index (χ1) is 14.7. The number of hydrogen-bond donors (Lipinski definition) is 1. The summed E-state index contributed by atoms with van der Waals surface area (Å²) >= 11 is 0. The third kappa shape index (κ3) is 7.95. The maximum absolute atomic E-state index is 5.86. The molecule has 1 fully saturated rings. The van der Waals surface area contributed by atoms with Crippen LogP contribution in [0.15, 0.2) is 35.6 Å². The van der Waals surface area contributed by atoms with Gasteiger partial charge in [-0.2, -0.15) is 0 Å². The van der Waals surface area contributed by atoms with Crippen LogP contribution in [0, 0.1) is 0 Å². The molecule has 1 aliphatic heterocycles. The van der Waals surface area contributed by atoms with E-state index in [9.17, 15) is 0 Å². The van der Waals surface area contributed by atoms with Gasteiger partial charge in [0, 0.05) is 39.7 Å². The molecule has 31 heavy (non-hydrogen) atoms. The lowest BCUT2D eigenvalue weighted by Gasteiger charge is -2.25. The third-order valence-electron chi connectivity index (χ3n) is 5.31. The Labute approximate surface area is 202 Å². The van der Waals surface area contributed by atoms with Crippen LogP contribution in [0.5, 0.6) is 5.75 Å². The van der Waals surface area contributed by atoms with E-state index in [1.165, 1.54) is 12.0 Å². The topological polar surface area (TPSA) is 76.8 Å². The van der Waals surface area contributed by atoms with Gasteiger partial charge in [0.1, 0.15) is 17.9 Å². The number of rotatable bonds is 9. The monoisotopic (exact) mass is 542 g/mol. The average Bonchev–Trinajstić information content (AvgIpc) is 3.24. The van der Waals surface area contributed by atoms with Crippen molar-refractivity contribution in [3.63, 3.8) is 0 Å². The van der Waals surface area contributed by atoms with Crippen LogP contribution in [0.2, 0.25) is 0 Å². The summed E-state index contributed by atoms with van der Waals surface area (Å²) in [6, 6.07) is 8.15. The van der Waals surface area contributed by atoms with Crippen molar-refractivity contribution in [1.29, 1.82) is 0 Å². The van der Waals surface area contributed by atoms with Crippen molar-refractivity contribution >= 4 is 29.9 Å². The van der Waals surface area contributed by atoms with E-state index >= 15 is 0 Å². The van der Waals surface area contributed by atoms with Crippen LogP contribution >= 0.6 is 24.0 Å². The molecular formula is C22H35IN6O2. The van der Waals surface area contributed by atoms with Gasteiger partial charge in [-0.1, -0.05) is 19.1 Å². The van der Waals surface area contributed by atoms with Crippen molar-refractivity contribution in [2.45, 2.75) is 51.8 Å². The van der Waals surface area contributed by atoms with Crippen molar-refractivity contribution in [2.24, 2.45) is 4.99 Å². The summed E-state index contributed by atoms with van der Waals surface area (Å²) in [5.74, 6) is 2.74. The van der Waals surface area contributed by atoms with E-state index in [1.807, 2.05) is 12.1 Å². The predicted molar refractivity (Wildman–Crippen MR) is 133 cm³/mol. The number of benzene rings is 1. The maximum atomic E-state index is 5.86. The molecule has 1 aromatic heterocycles. The van der Waals surface area contributed by atoms with E-state index in [0.29, 0.717) is 6.54 Å². The number of aromatic nitrogens is 3. The van der Waals surface area contributed by atoms with Crippen molar-refractivity contribution in [2.75, 3.05) is 33.9 Å². The number of hydrogen-bond acceptors (Lipinski definition) is 5. The van der Waals surface area contributed by atoms with E-state index in [1.54, 1.807) is 13.4 Å². The fraction of sp³-hybridized carbons (Fsp3) is 0.591. The first kappa shape index (κ1) is 25.4. The highest BCUT2D eigenvalue weighted by molar-refractivity contribution is 14.0. The van der Waals surface area contributed by atoms with Gasteiger partial charge in [-0.05, 0) is 37.0 Å². The molecule has 172 valence electrons.